The topological polar surface area (TPSA) is 54.5 Å². The molecule has 0 radical (unpaired) electrons. The average Bonchev–Trinajstić information content (AvgIpc) is 2.96. The molecule has 0 saturated heterocycles. The van der Waals surface area contributed by atoms with Crippen LogP contribution >= 0.6 is 0 Å². The molecule has 0 aliphatic rings. The van der Waals surface area contributed by atoms with Crippen LogP contribution in [0.2, 0.25) is 0 Å². The lowest BCUT2D eigenvalue weighted by molar-refractivity contribution is 0.448. The molecular weight excluding hydrogens is 305 g/mol. The monoisotopic (exact) mass is 314 g/mol. The van der Waals surface area contributed by atoms with E-state index in [1.165, 1.54) is 4.68 Å². The lowest BCUT2D eigenvalue weighted by atomic mass is 10.1. The third kappa shape index (κ3) is 2.66. The zero-order valence-electron chi connectivity index (χ0n) is 11.7. The molecule has 1 heterocycles. The molecule has 0 atom stereocenters. The highest BCUT2D eigenvalue weighted by atomic mass is 19.2. The summed E-state index contributed by atoms with van der Waals surface area (Å²) in [6, 6.07) is 12.8. The van der Waals surface area contributed by atoms with Gasteiger partial charge in [0, 0.05) is 5.56 Å². The van der Waals surface area contributed by atoms with E-state index in [2.05, 4.69) is 10.3 Å². The van der Waals surface area contributed by atoms with Crippen molar-refractivity contribution in [2.45, 2.75) is 6.54 Å². The Bertz CT molecular complexity index is 898. The summed E-state index contributed by atoms with van der Waals surface area (Å²) >= 11 is 0. The average molecular weight is 314 g/mol. The van der Waals surface area contributed by atoms with Gasteiger partial charge in [-0.2, -0.15) is 5.26 Å². The molecule has 3 rings (SSSR count). The molecule has 0 aliphatic carbocycles. The van der Waals surface area contributed by atoms with Gasteiger partial charge in [0.05, 0.1) is 6.54 Å². The number of benzene rings is 2. The molecule has 3 aromatic rings. The molecule has 0 saturated carbocycles. The molecule has 1 aromatic heterocycles. The highest BCUT2D eigenvalue weighted by Gasteiger charge is 2.22. The van der Waals surface area contributed by atoms with Crippen molar-refractivity contribution < 1.29 is 13.2 Å². The van der Waals surface area contributed by atoms with Crippen molar-refractivity contribution in [2.75, 3.05) is 0 Å². The van der Waals surface area contributed by atoms with Gasteiger partial charge in [0.25, 0.3) is 0 Å². The number of hydrogen-bond donors (Lipinski definition) is 0. The minimum atomic E-state index is -1.60. The van der Waals surface area contributed by atoms with Crippen LogP contribution in [0.25, 0.3) is 11.3 Å². The summed E-state index contributed by atoms with van der Waals surface area (Å²) in [6.45, 7) is 0.212. The Morgan fingerprint density at radius 3 is 2.43 bits per heavy atom. The normalized spacial score (nSPS) is 10.5. The molecule has 0 unspecified atom stereocenters. The van der Waals surface area contributed by atoms with Gasteiger partial charge in [-0.3, -0.25) is 0 Å². The maximum Gasteiger partial charge on any atom is 0.195 e. The fourth-order valence-corrected chi connectivity index (χ4v) is 2.23. The molecule has 0 aliphatic heterocycles. The van der Waals surface area contributed by atoms with Crippen molar-refractivity contribution in [3.8, 4) is 17.3 Å². The fraction of sp³-hybridized carbons (Fsp3) is 0.0625. The van der Waals surface area contributed by atoms with E-state index in [1.54, 1.807) is 6.07 Å². The van der Waals surface area contributed by atoms with Crippen molar-refractivity contribution in [2.24, 2.45) is 0 Å². The molecule has 7 heteroatoms. The van der Waals surface area contributed by atoms with Crippen molar-refractivity contribution in [1.82, 2.24) is 15.0 Å². The predicted octanol–water partition coefficient (Wildman–Crippen LogP) is 3.28. The predicted molar refractivity (Wildman–Crippen MR) is 75.6 cm³/mol. The van der Waals surface area contributed by atoms with E-state index in [0.717, 1.165) is 17.7 Å². The Morgan fingerprint density at radius 1 is 1.00 bits per heavy atom. The molecular formula is C16H9F3N4. The molecule has 0 bridgehead atoms. The van der Waals surface area contributed by atoms with Crippen LogP contribution < -0.4 is 0 Å². The van der Waals surface area contributed by atoms with Gasteiger partial charge in [0.15, 0.2) is 23.1 Å². The highest BCUT2D eigenvalue weighted by molar-refractivity contribution is 5.65. The zero-order chi connectivity index (χ0) is 16.4. The van der Waals surface area contributed by atoms with Gasteiger partial charge in [-0.05, 0) is 17.7 Å². The molecule has 23 heavy (non-hydrogen) atoms. The minimum absolute atomic E-state index is 0.00718. The molecule has 0 amide bonds. The molecule has 0 fully saturated rings. The Hall–Kier alpha value is -3.14. The summed E-state index contributed by atoms with van der Waals surface area (Å²) in [5, 5.41) is 16.6. The summed E-state index contributed by atoms with van der Waals surface area (Å²) in [7, 11) is 0. The second-order valence-corrected chi connectivity index (χ2v) is 4.76. The van der Waals surface area contributed by atoms with Crippen LogP contribution in [-0.4, -0.2) is 15.0 Å². The maximum atomic E-state index is 14.1. The van der Waals surface area contributed by atoms with E-state index in [1.807, 2.05) is 30.3 Å². The number of halogens is 3. The number of hydrogen-bond acceptors (Lipinski definition) is 3. The van der Waals surface area contributed by atoms with Crippen LogP contribution in [0.4, 0.5) is 13.2 Å². The SMILES string of the molecule is N#Cc1nnn(Cc2ccccc2)c1-c1ccc(F)c(F)c1F. The quantitative estimate of drug-likeness (QED) is 0.697. The first-order chi connectivity index (χ1) is 11.1. The van der Waals surface area contributed by atoms with Crippen LogP contribution in [0.1, 0.15) is 11.3 Å². The second kappa shape index (κ2) is 5.93. The molecule has 2 aromatic carbocycles. The van der Waals surface area contributed by atoms with E-state index >= 15 is 0 Å². The smallest absolute Gasteiger partial charge is 0.195 e. The summed E-state index contributed by atoms with van der Waals surface area (Å²) in [4.78, 5) is 0. The van der Waals surface area contributed by atoms with Gasteiger partial charge in [-0.25, -0.2) is 17.9 Å². The van der Waals surface area contributed by atoms with Gasteiger partial charge < -0.3 is 0 Å². The van der Waals surface area contributed by atoms with Gasteiger partial charge in [-0.15, -0.1) is 5.10 Å². The van der Waals surface area contributed by atoms with Crippen LogP contribution in [0.15, 0.2) is 42.5 Å². The first-order valence-corrected chi connectivity index (χ1v) is 6.63. The largest absolute Gasteiger partial charge is 0.239 e. The lowest BCUT2D eigenvalue weighted by Crippen LogP contribution is -2.06. The van der Waals surface area contributed by atoms with Gasteiger partial charge >= 0.3 is 0 Å². The van der Waals surface area contributed by atoms with Gasteiger partial charge in [0.2, 0.25) is 0 Å². The molecule has 0 N–H and O–H groups in total. The van der Waals surface area contributed by atoms with E-state index in [4.69, 9.17) is 5.26 Å². The van der Waals surface area contributed by atoms with Crippen LogP contribution in [-0.2, 0) is 6.54 Å². The minimum Gasteiger partial charge on any atom is -0.239 e. The van der Waals surface area contributed by atoms with Gasteiger partial charge in [0.1, 0.15) is 11.8 Å². The van der Waals surface area contributed by atoms with Crippen LogP contribution in [0, 0.1) is 28.8 Å². The Balaban J connectivity index is 2.14. The molecule has 114 valence electrons. The summed E-state index contributed by atoms with van der Waals surface area (Å²) in [6.07, 6.45) is 0. The lowest BCUT2D eigenvalue weighted by Gasteiger charge is -2.08. The summed E-state index contributed by atoms with van der Waals surface area (Å²) in [5.74, 6) is -4.27. The van der Waals surface area contributed by atoms with E-state index < -0.39 is 17.5 Å². The highest BCUT2D eigenvalue weighted by Crippen LogP contribution is 2.28. The van der Waals surface area contributed by atoms with Crippen molar-refractivity contribution in [1.29, 1.82) is 5.26 Å². The second-order valence-electron chi connectivity index (χ2n) is 4.76. The Morgan fingerprint density at radius 2 is 1.74 bits per heavy atom. The van der Waals surface area contributed by atoms with E-state index in [-0.39, 0.29) is 23.5 Å². The van der Waals surface area contributed by atoms with Crippen LogP contribution in [0.5, 0.6) is 0 Å². The zero-order valence-corrected chi connectivity index (χ0v) is 11.7. The standard InChI is InChI=1S/C16H9F3N4/c17-12-7-6-11(14(18)15(12)19)16-13(8-20)21-22-23(16)9-10-4-2-1-3-5-10/h1-7H,9H2. The van der Waals surface area contributed by atoms with E-state index in [9.17, 15) is 13.2 Å². The van der Waals surface area contributed by atoms with Gasteiger partial charge in [-0.1, -0.05) is 35.5 Å². The first kappa shape index (κ1) is 14.8. The molecule has 4 nitrogen and oxygen atoms in total. The number of aromatic nitrogens is 3. The number of rotatable bonds is 3. The molecule has 0 spiro atoms. The van der Waals surface area contributed by atoms with Crippen molar-refractivity contribution in [3.63, 3.8) is 0 Å². The van der Waals surface area contributed by atoms with E-state index in [0.29, 0.717) is 0 Å². The third-order valence-corrected chi connectivity index (χ3v) is 3.31. The summed E-state index contributed by atoms with van der Waals surface area (Å²) in [5.41, 5.74) is 0.422. The fourth-order valence-electron chi connectivity index (χ4n) is 2.23. The number of nitriles is 1. The van der Waals surface area contributed by atoms with Crippen molar-refractivity contribution in [3.05, 3.63) is 71.2 Å². The Kier molecular flexibility index (Phi) is 3.81. The first-order valence-electron chi connectivity index (χ1n) is 6.63. The van der Waals surface area contributed by atoms with Crippen molar-refractivity contribution >= 4 is 0 Å². The maximum absolute atomic E-state index is 14.1. The number of nitrogens with zero attached hydrogens (tertiary/aromatic N) is 4. The summed E-state index contributed by atoms with van der Waals surface area (Å²) < 4.78 is 42.0. The van der Waals surface area contributed by atoms with Crippen LogP contribution in [0.3, 0.4) is 0 Å². The Labute approximate surface area is 129 Å². The third-order valence-electron chi connectivity index (χ3n) is 3.31.